The number of aryl methyl sites for hydroxylation is 1. The Balaban J connectivity index is 2.36. The molecule has 0 saturated carbocycles. The van der Waals surface area contributed by atoms with Crippen LogP contribution >= 0.6 is 11.6 Å². The molecule has 2 rings (SSSR count). The number of hydrogen-bond donors (Lipinski definition) is 1. The maximum absolute atomic E-state index is 11.7. The number of aromatic nitrogens is 4. The van der Waals surface area contributed by atoms with Gasteiger partial charge in [0, 0.05) is 18.8 Å². The highest BCUT2D eigenvalue weighted by atomic mass is 35.5. The summed E-state index contributed by atoms with van der Waals surface area (Å²) in [6.45, 7) is 0.376. The maximum atomic E-state index is 11.7. The maximum Gasteiger partial charge on any atom is 0.278 e. The molecule has 2 heterocycles. The van der Waals surface area contributed by atoms with Crippen molar-refractivity contribution in [2.45, 2.75) is 6.54 Å². The van der Waals surface area contributed by atoms with Gasteiger partial charge in [0.05, 0.1) is 19.1 Å². The van der Waals surface area contributed by atoms with Crippen LogP contribution in [-0.4, -0.2) is 19.3 Å². The molecule has 0 aliphatic heterocycles. The zero-order chi connectivity index (χ0) is 11.7. The Morgan fingerprint density at radius 2 is 2.31 bits per heavy atom. The van der Waals surface area contributed by atoms with E-state index < -0.39 is 0 Å². The normalized spacial score (nSPS) is 10.6. The number of anilines is 1. The van der Waals surface area contributed by atoms with Crippen molar-refractivity contribution in [3.63, 3.8) is 0 Å². The fraction of sp³-hybridized carbons (Fsp3) is 0.222. The molecule has 0 radical (unpaired) electrons. The molecule has 0 amide bonds. The lowest BCUT2D eigenvalue weighted by Gasteiger charge is -2.04. The van der Waals surface area contributed by atoms with Crippen LogP contribution in [0.3, 0.4) is 0 Å². The van der Waals surface area contributed by atoms with E-state index >= 15 is 0 Å². The Kier molecular flexibility index (Phi) is 2.66. The third-order valence-electron chi connectivity index (χ3n) is 2.14. The third kappa shape index (κ3) is 1.92. The fourth-order valence-corrected chi connectivity index (χ4v) is 1.47. The van der Waals surface area contributed by atoms with E-state index in [4.69, 9.17) is 17.3 Å². The van der Waals surface area contributed by atoms with Crippen molar-refractivity contribution in [1.29, 1.82) is 0 Å². The molecule has 84 valence electrons. The summed E-state index contributed by atoms with van der Waals surface area (Å²) < 4.78 is 3.05. The first-order valence-electron chi connectivity index (χ1n) is 4.56. The van der Waals surface area contributed by atoms with Crippen LogP contribution in [0.2, 0.25) is 5.15 Å². The Morgan fingerprint density at radius 1 is 1.56 bits per heavy atom. The van der Waals surface area contributed by atoms with Crippen molar-refractivity contribution < 1.29 is 0 Å². The molecular formula is C9H10ClN5O. The van der Waals surface area contributed by atoms with Crippen LogP contribution in [0.4, 0.5) is 5.69 Å². The second-order valence-corrected chi connectivity index (χ2v) is 3.76. The summed E-state index contributed by atoms with van der Waals surface area (Å²) in [6.07, 6.45) is 4.86. The topological polar surface area (TPSA) is 78.7 Å². The lowest BCUT2D eigenvalue weighted by molar-refractivity contribution is 0.734. The molecule has 0 spiro atoms. The molecular weight excluding hydrogens is 230 g/mol. The summed E-state index contributed by atoms with van der Waals surface area (Å²) >= 11 is 5.63. The number of nitrogens with two attached hydrogens (primary N) is 1. The highest BCUT2D eigenvalue weighted by Gasteiger charge is 2.07. The molecule has 0 bridgehead atoms. The average molecular weight is 240 g/mol. The molecule has 2 aromatic rings. The standard InChI is InChI=1S/C9H10ClN5O/c1-14-3-6(2-13-14)4-15-5-12-8(10)7(11)9(15)16/h2-3,5H,4,11H2,1H3. The van der Waals surface area contributed by atoms with Crippen LogP contribution < -0.4 is 11.3 Å². The van der Waals surface area contributed by atoms with Crippen LogP contribution in [0.25, 0.3) is 0 Å². The Morgan fingerprint density at radius 3 is 2.94 bits per heavy atom. The zero-order valence-electron chi connectivity index (χ0n) is 8.59. The van der Waals surface area contributed by atoms with Gasteiger partial charge < -0.3 is 5.73 Å². The Labute approximate surface area is 96.3 Å². The summed E-state index contributed by atoms with van der Waals surface area (Å²) in [5.74, 6) is 0. The van der Waals surface area contributed by atoms with Gasteiger partial charge in [-0.1, -0.05) is 11.6 Å². The smallest absolute Gasteiger partial charge is 0.278 e. The minimum Gasteiger partial charge on any atom is -0.392 e. The van der Waals surface area contributed by atoms with Crippen LogP contribution in [-0.2, 0) is 13.6 Å². The van der Waals surface area contributed by atoms with Crippen molar-refractivity contribution in [1.82, 2.24) is 19.3 Å². The highest BCUT2D eigenvalue weighted by Crippen LogP contribution is 2.08. The number of halogens is 1. The van der Waals surface area contributed by atoms with Crippen LogP contribution in [0.5, 0.6) is 0 Å². The van der Waals surface area contributed by atoms with Gasteiger partial charge in [-0.05, 0) is 0 Å². The third-order valence-corrected chi connectivity index (χ3v) is 2.44. The van der Waals surface area contributed by atoms with Gasteiger partial charge in [-0.25, -0.2) is 4.98 Å². The minimum absolute atomic E-state index is 0.0342. The quantitative estimate of drug-likeness (QED) is 0.763. The molecule has 0 fully saturated rings. The average Bonchev–Trinajstić information content (AvgIpc) is 2.65. The van der Waals surface area contributed by atoms with E-state index in [1.54, 1.807) is 17.9 Å². The lowest BCUT2D eigenvalue weighted by Crippen LogP contribution is -2.24. The van der Waals surface area contributed by atoms with Gasteiger partial charge in [-0.2, -0.15) is 5.10 Å². The van der Waals surface area contributed by atoms with Crippen molar-refractivity contribution in [2.24, 2.45) is 7.05 Å². The SMILES string of the molecule is Cn1cc(Cn2cnc(Cl)c(N)c2=O)cn1. The van der Waals surface area contributed by atoms with E-state index in [0.717, 1.165) is 5.56 Å². The first kappa shape index (κ1) is 10.7. The van der Waals surface area contributed by atoms with Gasteiger partial charge in [0.2, 0.25) is 0 Å². The van der Waals surface area contributed by atoms with Crippen molar-refractivity contribution >= 4 is 17.3 Å². The predicted octanol–water partition coefficient (Wildman–Crippen LogP) is 0.261. The van der Waals surface area contributed by atoms with E-state index in [-0.39, 0.29) is 16.4 Å². The van der Waals surface area contributed by atoms with Gasteiger partial charge in [0.1, 0.15) is 5.69 Å². The number of rotatable bonds is 2. The Hall–Kier alpha value is -1.82. The van der Waals surface area contributed by atoms with Gasteiger partial charge in [-0.15, -0.1) is 0 Å². The zero-order valence-corrected chi connectivity index (χ0v) is 9.35. The summed E-state index contributed by atoms with van der Waals surface area (Å²) in [6, 6.07) is 0. The van der Waals surface area contributed by atoms with E-state index in [2.05, 4.69) is 10.1 Å². The molecule has 0 aliphatic carbocycles. The van der Waals surface area contributed by atoms with Crippen LogP contribution in [0, 0.1) is 0 Å². The van der Waals surface area contributed by atoms with E-state index in [9.17, 15) is 4.79 Å². The van der Waals surface area contributed by atoms with E-state index in [1.807, 2.05) is 6.20 Å². The van der Waals surface area contributed by atoms with Gasteiger partial charge in [-0.3, -0.25) is 14.0 Å². The molecule has 2 N–H and O–H groups in total. The monoisotopic (exact) mass is 239 g/mol. The molecule has 6 nitrogen and oxygen atoms in total. The minimum atomic E-state index is -0.344. The van der Waals surface area contributed by atoms with E-state index in [0.29, 0.717) is 6.54 Å². The highest BCUT2D eigenvalue weighted by molar-refractivity contribution is 6.31. The summed E-state index contributed by atoms with van der Waals surface area (Å²) in [5, 5.41) is 4.04. The molecule has 16 heavy (non-hydrogen) atoms. The molecule has 0 aliphatic rings. The van der Waals surface area contributed by atoms with Gasteiger partial charge in [0.25, 0.3) is 5.56 Å². The second kappa shape index (κ2) is 3.97. The molecule has 7 heteroatoms. The van der Waals surface area contributed by atoms with E-state index in [1.165, 1.54) is 10.9 Å². The number of nitrogen functional groups attached to an aromatic ring is 1. The lowest BCUT2D eigenvalue weighted by atomic mass is 10.3. The first-order chi connectivity index (χ1) is 7.58. The first-order valence-corrected chi connectivity index (χ1v) is 4.93. The Bertz CT molecular complexity index is 574. The number of nitrogens with zero attached hydrogens (tertiary/aromatic N) is 4. The molecule has 0 atom stereocenters. The van der Waals surface area contributed by atoms with Gasteiger partial charge in [0.15, 0.2) is 5.15 Å². The molecule has 0 aromatic carbocycles. The summed E-state index contributed by atoms with van der Waals surface area (Å²) in [7, 11) is 1.81. The largest absolute Gasteiger partial charge is 0.392 e. The van der Waals surface area contributed by atoms with Gasteiger partial charge >= 0.3 is 0 Å². The number of hydrogen-bond acceptors (Lipinski definition) is 4. The van der Waals surface area contributed by atoms with Crippen LogP contribution in [0.15, 0.2) is 23.5 Å². The fourth-order valence-electron chi connectivity index (χ4n) is 1.35. The van der Waals surface area contributed by atoms with Crippen molar-refractivity contribution in [2.75, 3.05) is 5.73 Å². The molecule has 0 unspecified atom stereocenters. The van der Waals surface area contributed by atoms with Crippen LogP contribution in [0.1, 0.15) is 5.56 Å². The molecule has 2 aromatic heterocycles. The second-order valence-electron chi connectivity index (χ2n) is 3.40. The molecule has 0 saturated heterocycles. The summed E-state index contributed by atoms with van der Waals surface area (Å²) in [5.41, 5.74) is 6.01. The van der Waals surface area contributed by atoms with Crippen molar-refractivity contribution in [3.8, 4) is 0 Å². The predicted molar refractivity (Wildman–Crippen MR) is 60.2 cm³/mol. The van der Waals surface area contributed by atoms with Crippen molar-refractivity contribution in [3.05, 3.63) is 39.8 Å². The summed E-state index contributed by atoms with van der Waals surface area (Å²) in [4.78, 5) is 15.5.